The third-order valence-corrected chi connectivity index (χ3v) is 2.70. The number of hydrogen-bond acceptors (Lipinski definition) is 3. The second-order valence-electron chi connectivity index (χ2n) is 4.00. The van der Waals surface area contributed by atoms with Crippen LogP contribution in [-0.2, 0) is 11.2 Å². The molecule has 1 unspecified atom stereocenters. The van der Waals surface area contributed by atoms with Crippen molar-refractivity contribution in [1.29, 1.82) is 0 Å². The van der Waals surface area contributed by atoms with Crippen LogP contribution in [0.4, 0.5) is 5.69 Å². The van der Waals surface area contributed by atoms with E-state index < -0.39 is 11.9 Å². The molecule has 0 bridgehead atoms. The quantitative estimate of drug-likeness (QED) is 0.797. The van der Waals surface area contributed by atoms with Gasteiger partial charge in [0.15, 0.2) is 0 Å². The number of ether oxygens (including phenoxy) is 1. The summed E-state index contributed by atoms with van der Waals surface area (Å²) in [7, 11) is 1.65. The van der Waals surface area contributed by atoms with Gasteiger partial charge in [-0.15, -0.1) is 0 Å². The summed E-state index contributed by atoms with van der Waals surface area (Å²) < 4.78 is 5.23. The number of carboxylic acid groups (broad SMARTS) is 1. The lowest BCUT2D eigenvalue weighted by atomic mass is 10.1. The normalized spacial score (nSPS) is 11.9. The summed E-state index contributed by atoms with van der Waals surface area (Å²) in [5.41, 5.74) is 2.04. The van der Waals surface area contributed by atoms with Crippen molar-refractivity contribution in [3.05, 3.63) is 23.8 Å². The molecular weight excluding hydrogens is 218 g/mol. The van der Waals surface area contributed by atoms with Crippen molar-refractivity contribution in [2.24, 2.45) is 5.92 Å². The Balaban J connectivity index is 2.69. The predicted molar refractivity (Wildman–Crippen MR) is 67.7 cm³/mol. The smallest absolute Gasteiger partial charge is 0.308 e. The molecule has 0 radical (unpaired) electrons. The molecule has 4 nitrogen and oxygen atoms in total. The monoisotopic (exact) mass is 237 g/mol. The van der Waals surface area contributed by atoms with Gasteiger partial charge in [0.1, 0.15) is 5.75 Å². The van der Waals surface area contributed by atoms with Crippen LogP contribution in [0.15, 0.2) is 18.2 Å². The highest BCUT2D eigenvalue weighted by molar-refractivity contribution is 5.70. The Labute approximate surface area is 102 Å². The Morgan fingerprint density at radius 1 is 1.53 bits per heavy atom. The predicted octanol–water partition coefficient (Wildman–Crippen LogP) is 2.39. The highest BCUT2D eigenvalue weighted by atomic mass is 16.5. The molecule has 0 aliphatic heterocycles. The molecule has 0 aromatic heterocycles. The maximum atomic E-state index is 10.7. The molecule has 0 spiro atoms. The Morgan fingerprint density at radius 3 is 2.76 bits per heavy atom. The Bertz CT molecular complexity index is 390. The summed E-state index contributed by atoms with van der Waals surface area (Å²) >= 11 is 0. The molecule has 1 aromatic carbocycles. The van der Waals surface area contributed by atoms with Crippen molar-refractivity contribution >= 4 is 11.7 Å². The first kappa shape index (κ1) is 13.4. The third kappa shape index (κ3) is 3.66. The molecule has 0 heterocycles. The SMILES string of the molecule is CCc1cc(NCC(C)C(=O)O)ccc1OC. The Morgan fingerprint density at radius 2 is 2.24 bits per heavy atom. The lowest BCUT2D eigenvalue weighted by Gasteiger charge is -2.12. The van der Waals surface area contributed by atoms with E-state index in [2.05, 4.69) is 12.2 Å². The third-order valence-electron chi connectivity index (χ3n) is 2.70. The topological polar surface area (TPSA) is 58.6 Å². The van der Waals surface area contributed by atoms with Gasteiger partial charge in [0.05, 0.1) is 13.0 Å². The van der Waals surface area contributed by atoms with E-state index in [-0.39, 0.29) is 0 Å². The Hall–Kier alpha value is -1.71. The van der Waals surface area contributed by atoms with E-state index in [0.717, 1.165) is 23.4 Å². The van der Waals surface area contributed by atoms with E-state index >= 15 is 0 Å². The number of carboxylic acids is 1. The molecule has 0 saturated carbocycles. The van der Waals surface area contributed by atoms with E-state index in [1.165, 1.54) is 0 Å². The highest BCUT2D eigenvalue weighted by Gasteiger charge is 2.10. The minimum atomic E-state index is -0.790. The van der Waals surface area contributed by atoms with Gasteiger partial charge in [-0.2, -0.15) is 0 Å². The molecule has 17 heavy (non-hydrogen) atoms. The molecule has 0 aliphatic rings. The van der Waals surface area contributed by atoms with Gasteiger partial charge in [-0.3, -0.25) is 4.79 Å². The number of benzene rings is 1. The summed E-state index contributed by atoms with van der Waals surface area (Å²) in [5, 5.41) is 11.9. The molecule has 0 aliphatic carbocycles. The zero-order chi connectivity index (χ0) is 12.8. The number of hydrogen-bond donors (Lipinski definition) is 2. The van der Waals surface area contributed by atoms with E-state index in [1.54, 1.807) is 14.0 Å². The van der Waals surface area contributed by atoms with Crippen molar-refractivity contribution in [2.45, 2.75) is 20.3 Å². The van der Waals surface area contributed by atoms with Crippen LogP contribution in [0.1, 0.15) is 19.4 Å². The van der Waals surface area contributed by atoms with Crippen LogP contribution in [0.3, 0.4) is 0 Å². The van der Waals surface area contributed by atoms with E-state index in [0.29, 0.717) is 6.54 Å². The van der Waals surface area contributed by atoms with Crippen LogP contribution in [0, 0.1) is 5.92 Å². The number of carbonyl (C=O) groups is 1. The van der Waals surface area contributed by atoms with Gasteiger partial charge in [0, 0.05) is 12.2 Å². The van der Waals surface area contributed by atoms with E-state index in [1.807, 2.05) is 18.2 Å². The first-order valence-electron chi connectivity index (χ1n) is 5.72. The van der Waals surface area contributed by atoms with Gasteiger partial charge in [0.25, 0.3) is 0 Å². The fourth-order valence-electron chi connectivity index (χ4n) is 1.52. The van der Waals surface area contributed by atoms with Crippen LogP contribution in [-0.4, -0.2) is 24.7 Å². The van der Waals surface area contributed by atoms with E-state index in [4.69, 9.17) is 9.84 Å². The first-order valence-corrected chi connectivity index (χ1v) is 5.72. The maximum absolute atomic E-state index is 10.7. The molecule has 0 amide bonds. The second-order valence-corrected chi connectivity index (χ2v) is 4.00. The van der Waals surface area contributed by atoms with Gasteiger partial charge >= 0.3 is 5.97 Å². The van der Waals surface area contributed by atoms with Crippen LogP contribution in [0.5, 0.6) is 5.75 Å². The molecule has 4 heteroatoms. The molecular formula is C13H19NO3. The Kier molecular flexibility index (Phi) is 4.82. The number of aryl methyl sites for hydroxylation is 1. The van der Waals surface area contributed by atoms with Crippen molar-refractivity contribution in [2.75, 3.05) is 19.0 Å². The molecule has 1 rings (SSSR count). The zero-order valence-corrected chi connectivity index (χ0v) is 10.5. The summed E-state index contributed by atoms with van der Waals surface area (Å²) in [6.07, 6.45) is 0.882. The lowest BCUT2D eigenvalue weighted by Crippen LogP contribution is -2.19. The van der Waals surface area contributed by atoms with Crippen molar-refractivity contribution in [3.8, 4) is 5.75 Å². The minimum Gasteiger partial charge on any atom is -0.496 e. The number of methoxy groups -OCH3 is 1. The molecule has 94 valence electrons. The van der Waals surface area contributed by atoms with Crippen LogP contribution in [0.25, 0.3) is 0 Å². The van der Waals surface area contributed by atoms with E-state index in [9.17, 15) is 4.79 Å². The van der Waals surface area contributed by atoms with Gasteiger partial charge in [-0.1, -0.05) is 13.8 Å². The van der Waals surface area contributed by atoms with Crippen molar-refractivity contribution in [1.82, 2.24) is 0 Å². The fourth-order valence-corrected chi connectivity index (χ4v) is 1.52. The zero-order valence-electron chi connectivity index (χ0n) is 10.5. The average molecular weight is 237 g/mol. The first-order chi connectivity index (χ1) is 8.08. The highest BCUT2D eigenvalue weighted by Crippen LogP contribution is 2.23. The summed E-state index contributed by atoms with van der Waals surface area (Å²) in [4.78, 5) is 10.7. The van der Waals surface area contributed by atoms with Gasteiger partial charge in [0.2, 0.25) is 0 Å². The fraction of sp³-hybridized carbons (Fsp3) is 0.462. The summed E-state index contributed by atoms with van der Waals surface area (Å²) in [6, 6.07) is 5.78. The summed E-state index contributed by atoms with van der Waals surface area (Å²) in [6.45, 7) is 4.16. The number of rotatable bonds is 6. The largest absolute Gasteiger partial charge is 0.496 e. The minimum absolute atomic E-state index is 0.401. The number of aliphatic carboxylic acids is 1. The standard InChI is InChI=1S/C13H19NO3/c1-4-10-7-11(5-6-12(10)17-3)14-8-9(2)13(15)16/h5-7,9,14H,4,8H2,1-3H3,(H,15,16). The average Bonchev–Trinajstić information content (AvgIpc) is 2.35. The number of anilines is 1. The summed E-state index contributed by atoms with van der Waals surface area (Å²) in [5.74, 6) is -0.326. The molecule has 0 fully saturated rings. The second kappa shape index (κ2) is 6.13. The molecule has 0 saturated heterocycles. The lowest BCUT2D eigenvalue weighted by molar-refractivity contribution is -0.140. The van der Waals surface area contributed by atoms with Gasteiger partial charge in [-0.25, -0.2) is 0 Å². The van der Waals surface area contributed by atoms with Crippen molar-refractivity contribution < 1.29 is 14.6 Å². The number of nitrogens with one attached hydrogen (secondary N) is 1. The van der Waals surface area contributed by atoms with Gasteiger partial charge < -0.3 is 15.2 Å². The van der Waals surface area contributed by atoms with Crippen LogP contribution in [0.2, 0.25) is 0 Å². The van der Waals surface area contributed by atoms with Crippen molar-refractivity contribution in [3.63, 3.8) is 0 Å². The van der Waals surface area contributed by atoms with Crippen LogP contribution < -0.4 is 10.1 Å². The van der Waals surface area contributed by atoms with Crippen LogP contribution >= 0.6 is 0 Å². The molecule has 1 atom stereocenters. The maximum Gasteiger partial charge on any atom is 0.308 e. The molecule has 1 aromatic rings. The molecule has 2 N–H and O–H groups in total. The van der Waals surface area contributed by atoms with Gasteiger partial charge in [-0.05, 0) is 30.2 Å².